The van der Waals surface area contributed by atoms with E-state index >= 15 is 0 Å². The Morgan fingerprint density at radius 1 is 1.20 bits per heavy atom. The van der Waals surface area contributed by atoms with Gasteiger partial charge in [0.1, 0.15) is 0 Å². The van der Waals surface area contributed by atoms with Crippen molar-refractivity contribution >= 4 is 23.5 Å². The summed E-state index contributed by atoms with van der Waals surface area (Å²) >= 11 is -0.206. The number of nitrogens with one attached hydrogen (secondary N) is 1. The van der Waals surface area contributed by atoms with Gasteiger partial charge in [0.25, 0.3) is 0 Å². The molecule has 25 heavy (non-hydrogen) atoms. The van der Waals surface area contributed by atoms with Crippen molar-refractivity contribution < 1.29 is 27.4 Å². The maximum absolute atomic E-state index is 12.4. The number of piperidine rings is 1. The fourth-order valence-corrected chi connectivity index (χ4v) is 3.53. The van der Waals surface area contributed by atoms with Crippen molar-refractivity contribution in [3.63, 3.8) is 0 Å². The maximum atomic E-state index is 12.4. The largest absolute Gasteiger partial charge is 0.446 e. The molecule has 0 saturated carbocycles. The third-order valence-electron chi connectivity index (χ3n) is 4.15. The number of hydrogen-bond donors (Lipinski definition) is 1. The van der Waals surface area contributed by atoms with Crippen LogP contribution in [0.25, 0.3) is 0 Å². The van der Waals surface area contributed by atoms with Gasteiger partial charge < -0.3 is 19.7 Å². The summed E-state index contributed by atoms with van der Waals surface area (Å²) in [5.74, 6) is -0.585. The molecule has 9 heteroatoms. The van der Waals surface area contributed by atoms with E-state index in [1.54, 1.807) is 11.0 Å². The highest BCUT2D eigenvalue weighted by atomic mass is 32.2. The van der Waals surface area contributed by atoms with Gasteiger partial charge in [0.05, 0.1) is 13.2 Å². The average Bonchev–Trinajstić information content (AvgIpc) is 2.55. The number of nitrogens with zero attached hydrogens (tertiary/aromatic N) is 1. The number of anilines is 1. The van der Waals surface area contributed by atoms with Gasteiger partial charge in [-0.25, -0.2) is 4.79 Å². The standard InChI is InChI=1S/C16H19F3N2O3S/c17-16(18,19)25-13-4-1-3-12(11-13)20-14(22)21-7-5-15(6-8-21)23-9-2-10-24-15/h1,3-4,11H,2,5-10H2,(H,20,22). The highest BCUT2D eigenvalue weighted by molar-refractivity contribution is 8.00. The van der Waals surface area contributed by atoms with Gasteiger partial charge in [-0.15, -0.1) is 0 Å². The van der Waals surface area contributed by atoms with Crippen LogP contribution in [0.5, 0.6) is 0 Å². The number of urea groups is 1. The zero-order chi connectivity index (χ0) is 17.9. The van der Waals surface area contributed by atoms with Crippen molar-refractivity contribution in [3.8, 4) is 0 Å². The fraction of sp³-hybridized carbons (Fsp3) is 0.562. The number of amides is 2. The molecule has 0 aromatic heterocycles. The second-order valence-electron chi connectivity index (χ2n) is 5.95. The Labute approximate surface area is 147 Å². The third kappa shape index (κ3) is 5.02. The zero-order valence-electron chi connectivity index (χ0n) is 13.5. The van der Waals surface area contributed by atoms with Gasteiger partial charge in [-0.2, -0.15) is 13.2 Å². The van der Waals surface area contributed by atoms with E-state index in [0.29, 0.717) is 44.8 Å². The van der Waals surface area contributed by atoms with Crippen LogP contribution in [0, 0.1) is 0 Å². The lowest BCUT2D eigenvalue weighted by molar-refractivity contribution is -0.281. The Kier molecular flexibility index (Phi) is 5.45. The first-order valence-corrected chi connectivity index (χ1v) is 8.87. The van der Waals surface area contributed by atoms with Crippen LogP contribution in [-0.4, -0.2) is 48.5 Å². The molecule has 2 saturated heterocycles. The molecule has 1 aromatic carbocycles. The number of likely N-dealkylation sites (tertiary alicyclic amines) is 1. The van der Waals surface area contributed by atoms with Gasteiger partial charge in [0, 0.05) is 36.5 Å². The minimum atomic E-state index is -4.36. The predicted octanol–water partition coefficient (Wildman–Crippen LogP) is 4.06. The van der Waals surface area contributed by atoms with Crippen LogP contribution in [0.1, 0.15) is 19.3 Å². The van der Waals surface area contributed by atoms with Crippen molar-refractivity contribution in [1.82, 2.24) is 4.90 Å². The normalized spacial score (nSPS) is 20.5. The minimum absolute atomic E-state index is 0.0342. The molecule has 1 aromatic rings. The van der Waals surface area contributed by atoms with E-state index in [1.807, 2.05) is 0 Å². The Balaban J connectivity index is 1.55. The Bertz CT molecular complexity index is 611. The number of benzene rings is 1. The molecule has 5 nitrogen and oxygen atoms in total. The van der Waals surface area contributed by atoms with E-state index < -0.39 is 11.3 Å². The third-order valence-corrected chi connectivity index (χ3v) is 4.87. The first kappa shape index (κ1) is 18.3. The second-order valence-corrected chi connectivity index (χ2v) is 7.09. The molecule has 138 valence electrons. The Morgan fingerprint density at radius 3 is 2.52 bits per heavy atom. The van der Waals surface area contributed by atoms with E-state index in [9.17, 15) is 18.0 Å². The molecule has 1 spiro atoms. The SMILES string of the molecule is O=C(Nc1cccc(SC(F)(F)F)c1)N1CCC2(CC1)OCCCO2. The molecule has 0 atom stereocenters. The molecule has 2 amide bonds. The van der Waals surface area contributed by atoms with E-state index in [-0.39, 0.29) is 22.7 Å². The summed E-state index contributed by atoms with van der Waals surface area (Å²) in [6, 6.07) is 5.39. The molecule has 2 aliphatic rings. The first-order chi connectivity index (χ1) is 11.9. The van der Waals surface area contributed by atoms with E-state index in [4.69, 9.17) is 9.47 Å². The molecule has 0 bridgehead atoms. The van der Waals surface area contributed by atoms with Gasteiger partial charge in [0.2, 0.25) is 0 Å². The molecule has 0 radical (unpaired) electrons. The molecule has 1 N–H and O–H groups in total. The minimum Gasteiger partial charge on any atom is -0.350 e. The Hall–Kier alpha value is -1.45. The smallest absolute Gasteiger partial charge is 0.350 e. The highest BCUT2D eigenvalue weighted by Gasteiger charge is 2.39. The predicted molar refractivity (Wildman–Crippen MR) is 87.4 cm³/mol. The molecule has 0 aliphatic carbocycles. The number of hydrogen-bond acceptors (Lipinski definition) is 4. The van der Waals surface area contributed by atoms with Crippen molar-refractivity contribution in [3.05, 3.63) is 24.3 Å². The van der Waals surface area contributed by atoms with Crippen LogP contribution >= 0.6 is 11.8 Å². The lowest BCUT2D eigenvalue weighted by Gasteiger charge is -2.43. The van der Waals surface area contributed by atoms with E-state index in [1.165, 1.54) is 18.2 Å². The van der Waals surface area contributed by atoms with Crippen molar-refractivity contribution in [2.45, 2.75) is 35.5 Å². The number of thioether (sulfide) groups is 1. The van der Waals surface area contributed by atoms with Crippen LogP contribution in [0.15, 0.2) is 29.2 Å². The number of ether oxygens (including phenoxy) is 2. The van der Waals surface area contributed by atoms with Crippen molar-refractivity contribution in [2.24, 2.45) is 0 Å². The van der Waals surface area contributed by atoms with Gasteiger partial charge in [-0.1, -0.05) is 6.07 Å². The monoisotopic (exact) mass is 376 g/mol. The highest BCUT2D eigenvalue weighted by Crippen LogP contribution is 2.37. The lowest BCUT2D eigenvalue weighted by atomic mass is 10.0. The second kappa shape index (κ2) is 7.43. The van der Waals surface area contributed by atoms with Crippen LogP contribution in [-0.2, 0) is 9.47 Å². The van der Waals surface area contributed by atoms with Crippen LogP contribution in [0.2, 0.25) is 0 Å². The van der Waals surface area contributed by atoms with Crippen LogP contribution < -0.4 is 5.32 Å². The van der Waals surface area contributed by atoms with Crippen molar-refractivity contribution in [2.75, 3.05) is 31.6 Å². The topological polar surface area (TPSA) is 50.8 Å². The Morgan fingerprint density at radius 2 is 1.88 bits per heavy atom. The first-order valence-electron chi connectivity index (χ1n) is 8.05. The number of alkyl halides is 3. The summed E-state index contributed by atoms with van der Waals surface area (Å²) < 4.78 is 48.8. The summed E-state index contributed by atoms with van der Waals surface area (Å²) in [5, 5.41) is 2.65. The van der Waals surface area contributed by atoms with Crippen molar-refractivity contribution in [1.29, 1.82) is 0 Å². The molecular formula is C16H19F3N2O3S. The molecule has 3 rings (SSSR count). The zero-order valence-corrected chi connectivity index (χ0v) is 14.3. The van der Waals surface area contributed by atoms with E-state index in [2.05, 4.69) is 5.32 Å². The van der Waals surface area contributed by atoms with Gasteiger partial charge in [0.15, 0.2) is 5.79 Å². The molecule has 2 heterocycles. The number of carbonyl (C=O) groups excluding carboxylic acids is 1. The quantitative estimate of drug-likeness (QED) is 0.791. The summed E-state index contributed by atoms with van der Waals surface area (Å²) in [7, 11) is 0. The fourth-order valence-electron chi connectivity index (χ4n) is 2.93. The number of carbonyl (C=O) groups is 1. The van der Waals surface area contributed by atoms with E-state index in [0.717, 1.165) is 6.42 Å². The number of halogens is 3. The summed E-state index contributed by atoms with van der Waals surface area (Å²) in [6.07, 6.45) is 2.05. The molecule has 2 aliphatic heterocycles. The number of rotatable bonds is 2. The molecular weight excluding hydrogens is 357 g/mol. The van der Waals surface area contributed by atoms with Crippen LogP contribution in [0.4, 0.5) is 23.7 Å². The molecule has 2 fully saturated rings. The maximum Gasteiger partial charge on any atom is 0.446 e. The van der Waals surface area contributed by atoms with Gasteiger partial charge in [-0.3, -0.25) is 0 Å². The average molecular weight is 376 g/mol. The van der Waals surface area contributed by atoms with Gasteiger partial charge >= 0.3 is 11.5 Å². The summed E-state index contributed by atoms with van der Waals surface area (Å²) in [5.41, 5.74) is -4.02. The summed E-state index contributed by atoms with van der Waals surface area (Å²) in [4.78, 5) is 14.0. The summed E-state index contributed by atoms with van der Waals surface area (Å²) in [6.45, 7) is 2.28. The van der Waals surface area contributed by atoms with Gasteiger partial charge in [-0.05, 0) is 36.4 Å². The lowest BCUT2D eigenvalue weighted by Crippen LogP contribution is -2.52. The van der Waals surface area contributed by atoms with Crippen LogP contribution in [0.3, 0.4) is 0 Å². The molecule has 0 unspecified atom stereocenters.